The number of methoxy groups -OCH3 is 1. The van der Waals surface area contributed by atoms with Gasteiger partial charge in [0.05, 0.1) is 7.11 Å². The summed E-state index contributed by atoms with van der Waals surface area (Å²) in [5, 5.41) is 2.84. The maximum atomic E-state index is 11.0. The fraction of sp³-hybridized carbons (Fsp3) is 0.900. The van der Waals surface area contributed by atoms with Crippen molar-refractivity contribution in [2.24, 2.45) is 5.92 Å². The van der Waals surface area contributed by atoms with Gasteiger partial charge in [-0.3, -0.25) is 0 Å². The van der Waals surface area contributed by atoms with E-state index >= 15 is 0 Å². The summed E-state index contributed by atoms with van der Waals surface area (Å²) in [7, 11) is 1.40. The van der Waals surface area contributed by atoms with Crippen molar-refractivity contribution in [3.8, 4) is 0 Å². The Bertz CT molecular complexity index is 146. The first-order valence-corrected chi connectivity index (χ1v) is 4.96. The Hall–Kier alpha value is -0.730. The Morgan fingerprint density at radius 1 is 1.46 bits per heavy atom. The third kappa shape index (κ3) is 5.50. The first-order chi connectivity index (χ1) is 6.11. The molecule has 13 heavy (non-hydrogen) atoms. The minimum Gasteiger partial charge on any atom is -0.453 e. The van der Waals surface area contributed by atoms with Gasteiger partial charge in [-0.1, -0.05) is 33.6 Å². The molecule has 0 aliphatic rings. The molecule has 0 fully saturated rings. The SMILES string of the molecule is CCCCC(NC(=O)OC)C(C)C. The molecule has 1 amide bonds. The predicted molar refractivity (Wildman–Crippen MR) is 53.7 cm³/mol. The maximum absolute atomic E-state index is 11.0. The average molecular weight is 187 g/mol. The van der Waals surface area contributed by atoms with Crippen LogP contribution in [0.5, 0.6) is 0 Å². The number of nitrogens with one attached hydrogen (secondary N) is 1. The van der Waals surface area contributed by atoms with E-state index in [0.29, 0.717) is 5.92 Å². The van der Waals surface area contributed by atoms with Crippen LogP contribution in [0.25, 0.3) is 0 Å². The highest BCUT2D eigenvalue weighted by Gasteiger charge is 2.15. The van der Waals surface area contributed by atoms with Gasteiger partial charge < -0.3 is 10.1 Å². The zero-order chi connectivity index (χ0) is 10.3. The number of alkyl carbamates (subject to hydrolysis) is 1. The molecular formula is C10H21NO2. The molecule has 0 aromatic rings. The van der Waals surface area contributed by atoms with E-state index in [1.54, 1.807) is 0 Å². The van der Waals surface area contributed by atoms with Crippen LogP contribution in [-0.4, -0.2) is 19.2 Å². The van der Waals surface area contributed by atoms with Gasteiger partial charge in [0.25, 0.3) is 0 Å². The highest BCUT2D eigenvalue weighted by atomic mass is 16.5. The van der Waals surface area contributed by atoms with Crippen molar-refractivity contribution < 1.29 is 9.53 Å². The van der Waals surface area contributed by atoms with Crippen LogP contribution in [0.1, 0.15) is 40.0 Å². The Balaban J connectivity index is 3.87. The molecule has 0 aliphatic carbocycles. The lowest BCUT2D eigenvalue weighted by Crippen LogP contribution is -2.38. The molecule has 3 heteroatoms. The number of rotatable bonds is 5. The van der Waals surface area contributed by atoms with Crippen LogP contribution in [0.4, 0.5) is 4.79 Å². The third-order valence-electron chi connectivity index (χ3n) is 2.16. The molecule has 0 aromatic carbocycles. The number of hydrogen-bond donors (Lipinski definition) is 1. The van der Waals surface area contributed by atoms with E-state index in [9.17, 15) is 4.79 Å². The molecule has 1 unspecified atom stereocenters. The van der Waals surface area contributed by atoms with Crippen molar-refractivity contribution in [3.05, 3.63) is 0 Å². The van der Waals surface area contributed by atoms with Crippen LogP contribution in [-0.2, 0) is 4.74 Å². The lowest BCUT2D eigenvalue weighted by molar-refractivity contribution is 0.161. The number of carbonyl (C=O) groups is 1. The molecule has 0 saturated heterocycles. The molecule has 0 spiro atoms. The van der Waals surface area contributed by atoms with Crippen LogP contribution in [0.15, 0.2) is 0 Å². The van der Waals surface area contributed by atoms with Crippen LogP contribution in [0.2, 0.25) is 0 Å². The second kappa shape index (κ2) is 6.75. The van der Waals surface area contributed by atoms with Gasteiger partial charge in [0, 0.05) is 6.04 Å². The van der Waals surface area contributed by atoms with Crippen LogP contribution >= 0.6 is 0 Å². The highest BCUT2D eigenvalue weighted by Crippen LogP contribution is 2.09. The number of ether oxygens (including phenoxy) is 1. The smallest absolute Gasteiger partial charge is 0.407 e. The lowest BCUT2D eigenvalue weighted by Gasteiger charge is -2.21. The highest BCUT2D eigenvalue weighted by molar-refractivity contribution is 5.67. The van der Waals surface area contributed by atoms with Crippen molar-refractivity contribution in [2.45, 2.75) is 46.1 Å². The molecule has 0 bridgehead atoms. The molecule has 1 N–H and O–H groups in total. The van der Waals surface area contributed by atoms with Crippen LogP contribution < -0.4 is 5.32 Å². The van der Waals surface area contributed by atoms with E-state index in [-0.39, 0.29) is 12.1 Å². The van der Waals surface area contributed by atoms with Crippen molar-refractivity contribution in [3.63, 3.8) is 0 Å². The Morgan fingerprint density at radius 3 is 2.46 bits per heavy atom. The van der Waals surface area contributed by atoms with Gasteiger partial charge in [0.2, 0.25) is 0 Å². The summed E-state index contributed by atoms with van der Waals surface area (Å²) >= 11 is 0. The summed E-state index contributed by atoms with van der Waals surface area (Å²) in [6.07, 6.45) is 3.01. The third-order valence-corrected chi connectivity index (χ3v) is 2.16. The number of hydrogen-bond acceptors (Lipinski definition) is 2. The van der Waals surface area contributed by atoms with E-state index in [1.165, 1.54) is 7.11 Å². The van der Waals surface area contributed by atoms with Crippen molar-refractivity contribution in [1.29, 1.82) is 0 Å². The molecule has 0 aromatic heterocycles. The van der Waals surface area contributed by atoms with Crippen molar-refractivity contribution in [2.75, 3.05) is 7.11 Å². The number of carbonyl (C=O) groups excluding carboxylic acids is 1. The van der Waals surface area contributed by atoms with Crippen molar-refractivity contribution in [1.82, 2.24) is 5.32 Å². The van der Waals surface area contributed by atoms with E-state index in [1.807, 2.05) is 0 Å². The molecule has 0 heterocycles. The van der Waals surface area contributed by atoms with E-state index in [4.69, 9.17) is 0 Å². The van der Waals surface area contributed by atoms with Gasteiger partial charge in [-0.2, -0.15) is 0 Å². The normalized spacial score (nSPS) is 12.7. The van der Waals surface area contributed by atoms with Gasteiger partial charge in [-0.15, -0.1) is 0 Å². The average Bonchev–Trinajstić information content (AvgIpc) is 2.11. The molecule has 0 aliphatic heterocycles. The van der Waals surface area contributed by atoms with Crippen LogP contribution in [0, 0.1) is 5.92 Å². The quantitative estimate of drug-likeness (QED) is 0.718. The zero-order valence-electron chi connectivity index (χ0n) is 9.09. The van der Waals surface area contributed by atoms with Gasteiger partial charge in [0.1, 0.15) is 0 Å². The minimum absolute atomic E-state index is 0.243. The van der Waals surface area contributed by atoms with E-state index in [0.717, 1.165) is 19.3 Å². The fourth-order valence-electron chi connectivity index (χ4n) is 1.21. The standard InChI is InChI=1S/C10H21NO2/c1-5-6-7-9(8(2)3)11-10(12)13-4/h8-9H,5-7H2,1-4H3,(H,11,12). The summed E-state index contributed by atoms with van der Waals surface area (Å²) in [6.45, 7) is 6.36. The minimum atomic E-state index is -0.324. The molecule has 3 nitrogen and oxygen atoms in total. The summed E-state index contributed by atoms with van der Waals surface area (Å²) in [6, 6.07) is 0.243. The van der Waals surface area contributed by atoms with Gasteiger partial charge in [0.15, 0.2) is 0 Å². The van der Waals surface area contributed by atoms with Crippen molar-refractivity contribution >= 4 is 6.09 Å². The molecule has 0 radical (unpaired) electrons. The molecule has 1 atom stereocenters. The Labute approximate surface area is 80.8 Å². The monoisotopic (exact) mass is 187 g/mol. The Kier molecular flexibility index (Phi) is 6.37. The second-order valence-corrected chi connectivity index (χ2v) is 3.63. The largest absolute Gasteiger partial charge is 0.453 e. The fourth-order valence-corrected chi connectivity index (χ4v) is 1.21. The summed E-state index contributed by atoms with van der Waals surface area (Å²) in [5.41, 5.74) is 0. The summed E-state index contributed by atoms with van der Waals surface area (Å²) in [5.74, 6) is 0.464. The summed E-state index contributed by atoms with van der Waals surface area (Å²) < 4.78 is 4.56. The molecule has 0 saturated carbocycles. The first kappa shape index (κ1) is 12.3. The van der Waals surface area contributed by atoms with Gasteiger partial charge in [-0.05, 0) is 12.3 Å². The van der Waals surface area contributed by atoms with E-state index in [2.05, 4.69) is 30.8 Å². The molecular weight excluding hydrogens is 166 g/mol. The van der Waals surface area contributed by atoms with E-state index < -0.39 is 0 Å². The molecule has 78 valence electrons. The number of amides is 1. The Morgan fingerprint density at radius 2 is 2.08 bits per heavy atom. The number of unbranched alkanes of at least 4 members (excludes halogenated alkanes) is 1. The predicted octanol–water partition coefficient (Wildman–Crippen LogP) is 2.56. The summed E-state index contributed by atoms with van der Waals surface area (Å²) in [4.78, 5) is 11.0. The zero-order valence-corrected chi connectivity index (χ0v) is 9.09. The van der Waals surface area contributed by atoms with Crippen LogP contribution in [0.3, 0.4) is 0 Å². The second-order valence-electron chi connectivity index (χ2n) is 3.63. The first-order valence-electron chi connectivity index (χ1n) is 4.96. The lowest BCUT2D eigenvalue weighted by atomic mass is 9.99. The van der Waals surface area contributed by atoms with Gasteiger partial charge in [-0.25, -0.2) is 4.79 Å². The molecule has 0 rings (SSSR count). The maximum Gasteiger partial charge on any atom is 0.407 e. The van der Waals surface area contributed by atoms with Gasteiger partial charge >= 0.3 is 6.09 Å². The topological polar surface area (TPSA) is 38.3 Å².